The quantitative estimate of drug-likeness (QED) is 0.828. The number of ether oxygens (including phenoxy) is 1. The monoisotopic (exact) mass is 276 g/mol. The molecule has 0 amide bonds. The maximum absolute atomic E-state index is 5.56. The van der Waals surface area contributed by atoms with Crippen LogP contribution in [0.15, 0.2) is 18.2 Å². The highest BCUT2D eigenvalue weighted by Crippen LogP contribution is 2.27. The zero-order valence-electron chi connectivity index (χ0n) is 13.3. The highest BCUT2D eigenvalue weighted by Gasteiger charge is 2.14. The molecular formula is C17H28N2O. The topological polar surface area (TPSA) is 24.5 Å². The smallest absolute Gasteiger partial charge is 0.122 e. The van der Waals surface area contributed by atoms with Crippen LogP contribution in [0, 0.1) is 0 Å². The molecule has 1 aromatic carbocycles. The Morgan fingerprint density at radius 3 is 2.90 bits per heavy atom. The molecule has 3 nitrogen and oxygen atoms in total. The Hall–Kier alpha value is -1.06. The molecular weight excluding hydrogens is 248 g/mol. The van der Waals surface area contributed by atoms with E-state index in [9.17, 15) is 0 Å². The van der Waals surface area contributed by atoms with Crippen molar-refractivity contribution in [2.45, 2.75) is 45.7 Å². The zero-order chi connectivity index (χ0) is 14.5. The predicted molar refractivity (Wildman–Crippen MR) is 84.4 cm³/mol. The SMILES string of the molecule is CCC(C)N(C)CCNC(C)c1ccc2c(c1)CCO2. The Morgan fingerprint density at radius 2 is 2.15 bits per heavy atom. The van der Waals surface area contributed by atoms with Gasteiger partial charge in [0.1, 0.15) is 5.75 Å². The van der Waals surface area contributed by atoms with Gasteiger partial charge in [-0.2, -0.15) is 0 Å². The predicted octanol–water partition coefficient (Wildman–Crippen LogP) is 3.00. The molecule has 2 unspecified atom stereocenters. The molecule has 1 aliphatic rings. The van der Waals surface area contributed by atoms with Crippen LogP contribution in [-0.2, 0) is 6.42 Å². The minimum atomic E-state index is 0.395. The van der Waals surface area contributed by atoms with E-state index in [-0.39, 0.29) is 0 Å². The van der Waals surface area contributed by atoms with Gasteiger partial charge in [0.15, 0.2) is 0 Å². The molecule has 0 fully saturated rings. The van der Waals surface area contributed by atoms with E-state index in [1.807, 2.05) is 0 Å². The van der Waals surface area contributed by atoms with Gasteiger partial charge in [-0.25, -0.2) is 0 Å². The maximum atomic E-state index is 5.56. The third-order valence-electron chi connectivity index (χ3n) is 4.47. The molecule has 0 aliphatic carbocycles. The molecule has 1 aromatic rings. The third kappa shape index (κ3) is 3.74. The highest BCUT2D eigenvalue weighted by molar-refractivity contribution is 5.40. The standard InChI is InChI=1S/C17H28N2O/c1-5-13(2)19(4)10-9-18-14(3)15-6-7-17-16(12-15)8-11-20-17/h6-7,12-14,18H,5,8-11H2,1-4H3. The van der Waals surface area contributed by atoms with E-state index in [0.717, 1.165) is 31.9 Å². The van der Waals surface area contributed by atoms with Gasteiger partial charge in [0, 0.05) is 31.6 Å². The van der Waals surface area contributed by atoms with Gasteiger partial charge < -0.3 is 15.0 Å². The van der Waals surface area contributed by atoms with Gasteiger partial charge in [0.05, 0.1) is 6.61 Å². The summed E-state index contributed by atoms with van der Waals surface area (Å²) in [5.41, 5.74) is 2.72. The van der Waals surface area contributed by atoms with Crippen LogP contribution in [0.4, 0.5) is 0 Å². The summed E-state index contributed by atoms with van der Waals surface area (Å²) in [6.07, 6.45) is 2.25. The fraction of sp³-hybridized carbons (Fsp3) is 0.647. The molecule has 20 heavy (non-hydrogen) atoms. The van der Waals surface area contributed by atoms with Crippen molar-refractivity contribution in [2.75, 3.05) is 26.7 Å². The molecule has 2 rings (SSSR count). The number of likely N-dealkylation sites (N-methyl/N-ethyl adjacent to an activating group) is 1. The van der Waals surface area contributed by atoms with Gasteiger partial charge in [0.2, 0.25) is 0 Å². The summed E-state index contributed by atoms with van der Waals surface area (Å²) in [5.74, 6) is 1.07. The van der Waals surface area contributed by atoms with Crippen molar-refractivity contribution in [1.29, 1.82) is 0 Å². The van der Waals surface area contributed by atoms with E-state index in [1.54, 1.807) is 0 Å². The van der Waals surface area contributed by atoms with E-state index in [1.165, 1.54) is 17.5 Å². The highest BCUT2D eigenvalue weighted by atomic mass is 16.5. The lowest BCUT2D eigenvalue weighted by Crippen LogP contribution is -2.35. The number of rotatable bonds is 7. The first kappa shape index (κ1) is 15.3. The molecule has 1 N–H and O–H groups in total. The molecule has 0 aromatic heterocycles. The normalized spacial score (nSPS) is 16.9. The molecule has 112 valence electrons. The Labute approximate surface area is 123 Å². The van der Waals surface area contributed by atoms with Gasteiger partial charge in [-0.05, 0) is 44.5 Å². The molecule has 0 bridgehead atoms. The summed E-state index contributed by atoms with van der Waals surface area (Å²) >= 11 is 0. The van der Waals surface area contributed by atoms with Crippen molar-refractivity contribution in [1.82, 2.24) is 10.2 Å². The number of fused-ring (bicyclic) bond motifs is 1. The molecule has 3 heteroatoms. The van der Waals surface area contributed by atoms with Crippen LogP contribution in [0.3, 0.4) is 0 Å². The second kappa shape index (κ2) is 7.09. The van der Waals surface area contributed by atoms with Crippen LogP contribution >= 0.6 is 0 Å². The van der Waals surface area contributed by atoms with Crippen LogP contribution in [-0.4, -0.2) is 37.7 Å². The van der Waals surface area contributed by atoms with E-state index in [4.69, 9.17) is 4.74 Å². The maximum Gasteiger partial charge on any atom is 0.122 e. The second-order valence-corrected chi connectivity index (χ2v) is 5.88. The van der Waals surface area contributed by atoms with Crippen LogP contribution < -0.4 is 10.1 Å². The van der Waals surface area contributed by atoms with Crippen LogP contribution in [0.2, 0.25) is 0 Å². The fourth-order valence-corrected chi connectivity index (χ4v) is 2.58. The summed E-state index contributed by atoms with van der Waals surface area (Å²) in [5, 5.41) is 3.62. The number of hydrogen-bond acceptors (Lipinski definition) is 3. The molecule has 0 saturated heterocycles. The Bertz CT molecular complexity index is 433. The van der Waals surface area contributed by atoms with E-state index >= 15 is 0 Å². The van der Waals surface area contributed by atoms with Gasteiger partial charge in [-0.3, -0.25) is 0 Å². The van der Waals surface area contributed by atoms with Gasteiger partial charge in [-0.1, -0.05) is 19.1 Å². The zero-order valence-corrected chi connectivity index (χ0v) is 13.3. The minimum absolute atomic E-state index is 0.395. The molecule has 0 saturated carbocycles. The number of nitrogens with zero attached hydrogens (tertiary/aromatic N) is 1. The average Bonchev–Trinajstić information content (AvgIpc) is 2.93. The molecule has 2 atom stereocenters. The van der Waals surface area contributed by atoms with Crippen LogP contribution in [0.25, 0.3) is 0 Å². The van der Waals surface area contributed by atoms with Crippen molar-refractivity contribution < 1.29 is 4.74 Å². The largest absolute Gasteiger partial charge is 0.493 e. The van der Waals surface area contributed by atoms with E-state index in [2.05, 4.69) is 56.2 Å². The van der Waals surface area contributed by atoms with Crippen molar-refractivity contribution in [3.8, 4) is 5.75 Å². The lowest BCUT2D eigenvalue weighted by molar-refractivity contribution is 0.249. The number of hydrogen-bond donors (Lipinski definition) is 1. The van der Waals surface area contributed by atoms with Gasteiger partial charge >= 0.3 is 0 Å². The minimum Gasteiger partial charge on any atom is -0.493 e. The first-order valence-corrected chi connectivity index (χ1v) is 7.81. The number of nitrogens with one attached hydrogen (secondary N) is 1. The Kier molecular flexibility index (Phi) is 5.44. The first-order valence-electron chi connectivity index (χ1n) is 7.81. The first-order chi connectivity index (χ1) is 9.61. The van der Waals surface area contributed by atoms with Crippen molar-refractivity contribution >= 4 is 0 Å². The summed E-state index contributed by atoms with van der Waals surface area (Å²) in [4.78, 5) is 2.41. The second-order valence-electron chi connectivity index (χ2n) is 5.88. The fourth-order valence-electron chi connectivity index (χ4n) is 2.58. The molecule has 1 aliphatic heterocycles. The Morgan fingerprint density at radius 1 is 1.35 bits per heavy atom. The van der Waals surface area contributed by atoms with Crippen molar-refractivity contribution in [2.24, 2.45) is 0 Å². The van der Waals surface area contributed by atoms with Gasteiger partial charge in [-0.15, -0.1) is 0 Å². The van der Waals surface area contributed by atoms with Crippen LogP contribution in [0.5, 0.6) is 5.75 Å². The lowest BCUT2D eigenvalue weighted by Gasteiger charge is -2.24. The van der Waals surface area contributed by atoms with Crippen molar-refractivity contribution in [3.63, 3.8) is 0 Å². The lowest BCUT2D eigenvalue weighted by atomic mass is 10.0. The average molecular weight is 276 g/mol. The van der Waals surface area contributed by atoms with Crippen LogP contribution in [0.1, 0.15) is 44.4 Å². The number of benzene rings is 1. The Balaban J connectivity index is 1.81. The van der Waals surface area contributed by atoms with Crippen molar-refractivity contribution in [3.05, 3.63) is 29.3 Å². The summed E-state index contributed by atoms with van der Waals surface area (Å²) in [6, 6.07) is 7.63. The summed E-state index contributed by atoms with van der Waals surface area (Å²) < 4.78 is 5.56. The molecule has 0 radical (unpaired) electrons. The van der Waals surface area contributed by atoms with Gasteiger partial charge in [0.25, 0.3) is 0 Å². The molecule has 0 spiro atoms. The third-order valence-corrected chi connectivity index (χ3v) is 4.47. The van der Waals surface area contributed by atoms with E-state index < -0.39 is 0 Å². The summed E-state index contributed by atoms with van der Waals surface area (Å²) in [6.45, 7) is 9.71. The van der Waals surface area contributed by atoms with E-state index in [0.29, 0.717) is 12.1 Å². The molecule has 1 heterocycles. The summed E-state index contributed by atoms with van der Waals surface area (Å²) in [7, 11) is 2.20.